The molecule has 6 nitrogen and oxygen atoms in total. The largest absolute Gasteiger partial charge is 0.355 e. The molecule has 1 N–H and O–H groups in total. The van der Waals surface area contributed by atoms with Gasteiger partial charge in [-0.15, -0.1) is 0 Å². The van der Waals surface area contributed by atoms with Crippen LogP contribution in [-0.2, 0) is 0 Å². The predicted molar refractivity (Wildman–Crippen MR) is 75.6 cm³/mol. The van der Waals surface area contributed by atoms with Gasteiger partial charge in [0.2, 0.25) is 5.28 Å². The van der Waals surface area contributed by atoms with E-state index in [1.807, 2.05) is 0 Å². The van der Waals surface area contributed by atoms with Crippen LogP contribution >= 0.6 is 11.6 Å². The fraction of sp³-hybridized carbons (Fsp3) is 0.583. The summed E-state index contributed by atoms with van der Waals surface area (Å²) in [6.45, 7) is 2.22. The van der Waals surface area contributed by atoms with Crippen LogP contribution in [0.4, 0.5) is 5.82 Å². The zero-order valence-electron chi connectivity index (χ0n) is 11.1. The highest BCUT2D eigenvalue weighted by atomic mass is 35.5. The van der Waals surface area contributed by atoms with Crippen LogP contribution in [0.15, 0.2) is 6.33 Å². The van der Waals surface area contributed by atoms with Crippen molar-refractivity contribution in [2.24, 2.45) is 0 Å². The average Bonchev–Trinajstić information content (AvgIpc) is 2.85. The Bertz CT molecular complexity index is 575. The number of hydrogen-bond acceptors (Lipinski definition) is 5. The van der Waals surface area contributed by atoms with Gasteiger partial charge in [0.1, 0.15) is 5.52 Å². The van der Waals surface area contributed by atoms with Gasteiger partial charge in [0.15, 0.2) is 11.5 Å². The minimum atomic E-state index is 0.245. The van der Waals surface area contributed by atoms with Crippen molar-refractivity contribution in [3.05, 3.63) is 11.6 Å². The number of fused-ring (bicyclic) bond motifs is 1. The summed E-state index contributed by atoms with van der Waals surface area (Å²) in [4.78, 5) is 20.3. The van der Waals surface area contributed by atoms with E-state index in [9.17, 15) is 0 Å². The fourth-order valence-corrected chi connectivity index (χ4v) is 2.76. The number of imidazole rings is 1. The fourth-order valence-electron chi connectivity index (χ4n) is 2.60. The first-order chi connectivity index (χ1) is 9.15. The van der Waals surface area contributed by atoms with Crippen molar-refractivity contribution in [1.29, 1.82) is 0 Å². The molecule has 0 bridgehead atoms. The van der Waals surface area contributed by atoms with Crippen LogP contribution in [0.5, 0.6) is 0 Å². The Morgan fingerprint density at radius 1 is 1.37 bits per heavy atom. The van der Waals surface area contributed by atoms with E-state index in [4.69, 9.17) is 11.6 Å². The first-order valence-corrected chi connectivity index (χ1v) is 6.81. The highest BCUT2D eigenvalue weighted by molar-refractivity contribution is 6.28. The molecule has 0 spiro atoms. The van der Waals surface area contributed by atoms with Gasteiger partial charge in [-0.2, -0.15) is 9.97 Å². The van der Waals surface area contributed by atoms with Crippen LogP contribution in [0.3, 0.4) is 0 Å². The van der Waals surface area contributed by atoms with Gasteiger partial charge in [-0.05, 0) is 44.6 Å². The number of rotatable bonds is 2. The Morgan fingerprint density at radius 3 is 2.84 bits per heavy atom. The standard InChI is InChI=1S/C12H17ClN6/c1-18-5-3-8(4-6-18)19(2)11-9-10(15-7-14-9)16-12(13)17-11/h7-8H,3-6H2,1-2H3,(H,14,15,16,17). The second-order valence-corrected chi connectivity index (χ2v) is 5.40. The molecule has 0 unspecified atom stereocenters. The third-order valence-electron chi connectivity index (χ3n) is 3.81. The van der Waals surface area contributed by atoms with E-state index in [1.54, 1.807) is 6.33 Å². The number of piperidine rings is 1. The number of H-pyrrole nitrogens is 1. The van der Waals surface area contributed by atoms with Crippen molar-refractivity contribution in [1.82, 2.24) is 24.8 Å². The van der Waals surface area contributed by atoms with Gasteiger partial charge in [0.25, 0.3) is 0 Å². The molecule has 1 fully saturated rings. The average molecular weight is 281 g/mol. The van der Waals surface area contributed by atoms with Crippen LogP contribution in [0.25, 0.3) is 11.2 Å². The highest BCUT2D eigenvalue weighted by Crippen LogP contribution is 2.26. The summed E-state index contributed by atoms with van der Waals surface area (Å²) < 4.78 is 0. The maximum Gasteiger partial charge on any atom is 0.226 e. The molecule has 0 atom stereocenters. The molecule has 0 saturated carbocycles. The minimum Gasteiger partial charge on any atom is -0.355 e. The molecular weight excluding hydrogens is 264 g/mol. The number of halogens is 1. The molecule has 2 aromatic rings. The molecule has 19 heavy (non-hydrogen) atoms. The molecule has 3 rings (SSSR count). The molecule has 2 aromatic heterocycles. The lowest BCUT2D eigenvalue weighted by molar-refractivity contribution is 0.252. The van der Waals surface area contributed by atoms with Crippen molar-refractivity contribution in [3.63, 3.8) is 0 Å². The van der Waals surface area contributed by atoms with Gasteiger partial charge in [0.05, 0.1) is 6.33 Å². The lowest BCUT2D eigenvalue weighted by Crippen LogP contribution is -2.42. The minimum absolute atomic E-state index is 0.245. The Hall–Kier alpha value is -1.40. The second kappa shape index (κ2) is 4.94. The van der Waals surface area contributed by atoms with E-state index in [-0.39, 0.29) is 5.28 Å². The van der Waals surface area contributed by atoms with Gasteiger partial charge in [-0.3, -0.25) is 0 Å². The van der Waals surface area contributed by atoms with Crippen LogP contribution < -0.4 is 4.90 Å². The Labute approximate surface area is 116 Å². The van der Waals surface area contributed by atoms with Gasteiger partial charge in [0, 0.05) is 13.1 Å². The van der Waals surface area contributed by atoms with Crippen LogP contribution in [0.2, 0.25) is 5.28 Å². The first kappa shape index (κ1) is 12.6. The summed E-state index contributed by atoms with van der Waals surface area (Å²) in [5, 5.41) is 0.245. The van der Waals surface area contributed by atoms with Crippen LogP contribution in [-0.4, -0.2) is 58.1 Å². The number of aromatic nitrogens is 4. The third kappa shape index (κ3) is 2.37. The van der Waals surface area contributed by atoms with Crippen molar-refractivity contribution < 1.29 is 0 Å². The molecule has 1 saturated heterocycles. The summed E-state index contributed by atoms with van der Waals surface area (Å²) in [6.07, 6.45) is 3.89. The zero-order chi connectivity index (χ0) is 13.4. The van der Waals surface area contributed by atoms with Crippen molar-refractivity contribution in [3.8, 4) is 0 Å². The summed E-state index contributed by atoms with van der Waals surface area (Å²) in [6, 6.07) is 0.480. The summed E-state index contributed by atoms with van der Waals surface area (Å²) in [5.41, 5.74) is 1.47. The topological polar surface area (TPSA) is 60.9 Å². The van der Waals surface area contributed by atoms with E-state index in [0.717, 1.165) is 37.3 Å². The first-order valence-electron chi connectivity index (χ1n) is 6.43. The smallest absolute Gasteiger partial charge is 0.226 e. The van der Waals surface area contributed by atoms with Gasteiger partial charge in [-0.25, -0.2) is 4.98 Å². The lowest BCUT2D eigenvalue weighted by Gasteiger charge is -2.35. The molecule has 0 radical (unpaired) electrons. The molecule has 1 aliphatic heterocycles. The molecule has 1 aliphatic rings. The molecule has 0 amide bonds. The van der Waals surface area contributed by atoms with Gasteiger partial charge in [-0.1, -0.05) is 0 Å². The quantitative estimate of drug-likeness (QED) is 0.846. The SMILES string of the molecule is CN1CCC(N(C)c2nc(Cl)nc3nc[nH]c23)CC1. The Morgan fingerprint density at radius 2 is 2.11 bits per heavy atom. The summed E-state index contributed by atoms with van der Waals surface area (Å²) in [7, 11) is 4.22. The lowest BCUT2D eigenvalue weighted by atomic mass is 10.0. The molecular formula is C12H17ClN6. The van der Waals surface area contributed by atoms with E-state index >= 15 is 0 Å². The van der Waals surface area contributed by atoms with Gasteiger partial charge < -0.3 is 14.8 Å². The van der Waals surface area contributed by atoms with Crippen molar-refractivity contribution in [2.45, 2.75) is 18.9 Å². The number of nitrogens with zero attached hydrogens (tertiary/aromatic N) is 5. The number of hydrogen-bond donors (Lipinski definition) is 1. The summed E-state index contributed by atoms with van der Waals surface area (Å²) >= 11 is 5.98. The Kier molecular flexibility index (Phi) is 3.28. The molecule has 3 heterocycles. The van der Waals surface area contributed by atoms with Crippen LogP contribution in [0, 0.1) is 0 Å². The number of anilines is 1. The summed E-state index contributed by atoms with van der Waals surface area (Å²) in [5.74, 6) is 0.835. The van der Waals surface area contributed by atoms with E-state index in [0.29, 0.717) is 11.7 Å². The molecule has 0 aromatic carbocycles. The maximum atomic E-state index is 5.98. The number of likely N-dealkylation sites (tertiary alicyclic amines) is 1. The van der Waals surface area contributed by atoms with Gasteiger partial charge >= 0.3 is 0 Å². The van der Waals surface area contributed by atoms with Crippen LogP contribution in [0.1, 0.15) is 12.8 Å². The Balaban J connectivity index is 1.92. The zero-order valence-corrected chi connectivity index (χ0v) is 11.9. The monoisotopic (exact) mass is 280 g/mol. The molecule has 0 aliphatic carbocycles. The third-order valence-corrected chi connectivity index (χ3v) is 3.98. The maximum absolute atomic E-state index is 5.98. The van der Waals surface area contributed by atoms with E-state index < -0.39 is 0 Å². The van der Waals surface area contributed by atoms with Crippen molar-refractivity contribution in [2.75, 3.05) is 32.1 Å². The normalized spacial score (nSPS) is 18.1. The molecule has 102 valence electrons. The molecule has 7 heteroatoms. The van der Waals surface area contributed by atoms with Crippen molar-refractivity contribution >= 4 is 28.6 Å². The highest BCUT2D eigenvalue weighted by Gasteiger charge is 2.24. The number of nitrogens with one attached hydrogen (secondary N) is 1. The predicted octanol–water partition coefficient (Wildman–Crippen LogP) is 1.54. The van der Waals surface area contributed by atoms with E-state index in [2.05, 4.69) is 43.8 Å². The number of aromatic amines is 1. The second-order valence-electron chi connectivity index (χ2n) is 5.06. The van der Waals surface area contributed by atoms with E-state index in [1.165, 1.54) is 0 Å².